The van der Waals surface area contributed by atoms with Gasteiger partial charge in [0.1, 0.15) is 0 Å². The highest BCUT2D eigenvalue weighted by Gasteiger charge is 2.48. The quantitative estimate of drug-likeness (QED) is 0.845. The summed E-state index contributed by atoms with van der Waals surface area (Å²) in [6.45, 7) is 4.85. The van der Waals surface area contributed by atoms with Crippen LogP contribution in [0.2, 0.25) is 0 Å². The molecule has 2 aliphatic carbocycles. The molecule has 1 unspecified atom stereocenters. The van der Waals surface area contributed by atoms with Crippen molar-refractivity contribution >= 4 is 0 Å². The fourth-order valence-corrected chi connectivity index (χ4v) is 5.17. The molecule has 3 rings (SSSR count). The number of nitrogens with zero attached hydrogens (tertiary/aromatic N) is 1. The maximum atomic E-state index is 11.2. The standard InChI is InChI=1S/C18H33NO/c1-15-7-9-16(10-8-15)17(20)18(11-3-4-12-18)19-13-5-2-6-14-19/h15-17,20H,2-14H2,1H3. The number of likely N-dealkylation sites (tertiary alicyclic amines) is 1. The van der Waals surface area contributed by atoms with Gasteiger partial charge in [-0.15, -0.1) is 0 Å². The first-order valence-corrected chi connectivity index (χ1v) is 9.15. The van der Waals surface area contributed by atoms with Crippen LogP contribution < -0.4 is 0 Å². The van der Waals surface area contributed by atoms with Crippen LogP contribution in [-0.4, -0.2) is 34.7 Å². The van der Waals surface area contributed by atoms with Gasteiger partial charge in [-0.3, -0.25) is 4.90 Å². The predicted molar refractivity (Wildman–Crippen MR) is 83.8 cm³/mol. The van der Waals surface area contributed by atoms with Gasteiger partial charge >= 0.3 is 0 Å². The zero-order chi connectivity index (χ0) is 14.0. The van der Waals surface area contributed by atoms with Crippen molar-refractivity contribution in [2.45, 2.75) is 89.2 Å². The van der Waals surface area contributed by atoms with Crippen LogP contribution in [0.1, 0.15) is 77.6 Å². The third-order valence-electron chi connectivity index (χ3n) is 6.51. The number of piperidine rings is 1. The predicted octanol–water partition coefficient (Wildman–Crippen LogP) is 3.97. The Morgan fingerprint density at radius 2 is 1.50 bits per heavy atom. The molecule has 1 aliphatic heterocycles. The minimum absolute atomic E-state index is 0.0596. The van der Waals surface area contributed by atoms with Gasteiger partial charge in [0.25, 0.3) is 0 Å². The van der Waals surface area contributed by atoms with Crippen LogP contribution in [0.15, 0.2) is 0 Å². The molecule has 2 saturated carbocycles. The zero-order valence-electron chi connectivity index (χ0n) is 13.3. The van der Waals surface area contributed by atoms with Crippen molar-refractivity contribution in [3.8, 4) is 0 Å². The van der Waals surface area contributed by atoms with Crippen molar-refractivity contribution in [2.24, 2.45) is 11.8 Å². The first-order valence-electron chi connectivity index (χ1n) is 9.15. The van der Waals surface area contributed by atoms with Gasteiger partial charge in [0.15, 0.2) is 0 Å². The van der Waals surface area contributed by atoms with Gasteiger partial charge in [-0.2, -0.15) is 0 Å². The first kappa shape index (κ1) is 14.8. The Bertz CT molecular complexity index is 297. The second kappa shape index (κ2) is 6.36. The molecule has 1 saturated heterocycles. The van der Waals surface area contributed by atoms with Gasteiger partial charge in [0.05, 0.1) is 6.10 Å². The van der Waals surface area contributed by atoms with E-state index in [0.29, 0.717) is 5.92 Å². The lowest BCUT2D eigenvalue weighted by Gasteiger charge is -2.49. The smallest absolute Gasteiger partial charge is 0.0751 e. The van der Waals surface area contributed by atoms with Crippen molar-refractivity contribution in [1.29, 1.82) is 0 Å². The summed E-state index contributed by atoms with van der Waals surface area (Å²) in [5.74, 6) is 1.46. The van der Waals surface area contributed by atoms with Crippen molar-refractivity contribution < 1.29 is 5.11 Å². The van der Waals surface area contributed by atoms with Crippen LogP contribution in [0, 0.1) is 11.8 Å². The van der Waals surface area contributed by atoms with E-state index in [4.69, 9.17) is 0 Å². The van der Waals surface area contributed by atoms with Crippen molar-refractivity contribution in [3.63, 3.8) is 0 Å². The second-order valence-corrected chi connectivity index (χ2v) is 7.82. The Balaban J connectivity index is 1.72. The molecule has 0 spiro atoms. The van der Waals surface area contributed by atoms with E-state index < -0.39 is 0 Å². The van der Waals surface area contributed by atoms with Gasteiger partial charge in [0, 0.05) is 5.54 Å². The molecule has 1 heterocycles. The molecule has 3 fully saturated rings. The molecule has 20 heavy (non-hydrogen) atoms. The van der Waals surface area contributed by atoms with Crippen LogP contribution in [0.25, 0.3) is 0 Å². The van der Waals surface area contributed by atoms with Crippen molar-refractivity contribution in [3.05, 3.63) is 0 Å². The van der Waals surface area contributed by atoms with E-state index in [1.807, 2.05) is 0 Å². The fourth-order valence-electron chi connectivity index (χ4n) is 5.17. The summed E-state index contributed by atoms with van der Waals surface area (Å²) in [5.41, 5.74) is 0.158. The minimum atomic E-state index is -0.0596. The summed E-state index contributed by atoms with van der Waals surface area (Å²) in [6, 6.07) is 0. The molecule has 0 bridgehead atoms. The highest BCUT2D eigenvalue weighted by Crippen LogP contribution is 2.45. The van der Waals surface area contributed by atoms with Crippen LogP contribution >= 0.6 is 0 Å². The molecule has 1 N–H and O–H groups in total. The molecular weight excluding hydrogens is 246 g/mol. The fraction of sp³-hybridized carbons (Fsp3) is 1.00. The van der Waals surface area contributed by atoms with Gasteiger partial charge < -0.3 is 5.11 Å². The number of rotatable bonds is 3. The molecule has 0 radical (unpaired) electrons. The van der Waals surface area contributed by atoms with E-state index >= 15 is 0 Å². The van der Waals surface area contributed by atoms with Gasteiger partial charge in [-0.05, 0) is 63.5 Å². The second-order valence-electron chi connectivity index (χ2n) is 7.82. The highest BCUT2D eigenvalue weighted by atomic mass is 16.3. The molecule has 116 valence electrons. The molecule has 0 aromatic rings. The third kappa shape index (κ3) is 2.78. The average Bonchev–Trinajstić information content (AvgIpc) is 2.99. The molecule has 2 nitrogen and oxygen atoms in total. The molecule has 2 heteroatoms. The summed E-state index contributed by atoms with van der Waals surface area (Å²) < 4.78 is 0. The SMILES string of the molecule is CC1CCC(C(O)C2(N3CCCCC3)CCCC2)CC1. The van der Waals surface area contributed by atoms with Crippen LogP contribution in [0.5, 0.6) is 0 Å². The van der Waals surface area contributed by atoms with Crippen LogP contribution in [-0.2, 0) is 0 Å². The van der Waals surface area contributed by atoms with Gasteiger partial charge in [-0.1, -0.05) is 39.0 Å². The summed E-state index contributed by atoms with van der Waals surface area (Å²) in [6.07, 6.45) is 14.4. The normalized spacial score (nSPS) is 36.9. The number of aliphatic hydroxyl groups is 1. The lowest BCUT2D eigenvalue weighted by molar-refractivity contribution is -0.0753. The lowest BCUT2D eigenvalue weighted by Crippen LogP contribution is -2.59. The van der Waals surface area contributed by atoms with Crippen molar-refractivity contribution in [1.82, 2.24) is 4.90 Å². The van der Waals surface area contributed by atoms with E-state index in [1.54, 1.807) is 0 Å². The number of aliphatic hydroxyl groups excluding tert-OH is 1. The average molecular weight is 279 g/mol. The Morgan fingerprint density at radius 3 is 2.10 bits per heavy atom. The molecule has 1 atom stereocenters. The molecule has 0 aromatic carbocycles. The summed E-state index contributed by atoms with van der Waals surface area (Å²) in [5, 5.41) is 11.2. The Hall–Kier alpha value is -0.0800. The lowest BCUT2D eigenvalue weighted by atomic mass is 9.72. The highest BCUT2D eigenvalue weighted by molar-refractivity contribution is 5.03. The van der Waals surface area contributed by atoms with Crippen LogP contribution in [0.3, 0.4) is 0 Å². The van der Waals surface area contributed by atoms with E-state index in [1.165, 1.54) is 83.7 Å². The summed E-state index contributed by atoms with van der Waals surface area (Å²) in [7, 11) is 0. The van der Waals surface area contributed by atoms with Gasteiger partial charge in [0.2, 0.25) is 0 Å². The molecule has 3 aliphatic rings. The molecule has 0 amide bonds. The first-order chi connectivity index (χ1) is 9.72. The van der Waals surface area contributed by atoms with E-state index in [2.05, 4.69) is 11.8 Å². The maximum Gasteiger partial charge on any atom is 0.0751 e. The van der Waals surface area contributed by atoms with E-state index in [0.717, 1.165) is 5.92 Å². The van der Waals surface area contributed by atoms with E-state index in [9.17, 15) is 5.11 Å². The zero-order valence-corrected chi connectivity index (χ0v) is 13.3. The molecular formula is C18H33NO. The topological polar surface area (TPSA) is 23.5 Å². The maximum absolute atomic E-state index is 11.2. The minimum Gasteiger partial charge on any atom is -0.391 e. The van der Waals surface area contributed by atoms with Crippen molar-refractivity contribution in [2.75, 3.05) is 13.1 Å². The Kier molecular flexibility index (Phi) is 4.72. The largest absolute Gasteiger partial charge is 0.391 e. The molecule has 0 aromatic heterocycles. The summed E-state index contributed by atoms with van der Waals surface area (Å²) >= 11 is 0. The van der Waals surface area contributed by atoms with Gasteiger partial charge in [-0.25, -0.2) is 0 Å². The number of hydrogen-bond donors (Lipinski definition) is 1. The Labute approximate surface area is 124 Å². The van der Waals surface area contributed by atoms with Crippen LogP contribution in [0.4, 0.5) is 0 Å². The third-order valence-corrected chi connectivity index (χ3v) is 6.51. The van der Waals surface area contributed by atoms with E-state index in [-0.39, 0.29) is 11.6 Å². The Morgan fingerprint density at radius 1 is 0.900 bits per heavy atom. The summed E-state index contributed by atoms with van der Waals surface area (Å²) in [4.78, 5) is 2.70. The monoisotopic (exact) mass is 279 g/mol. The number of hydrogen-bond acceptors (Lipinski definition) is 2.